The molecule has 0 aliphatic heterocycles. The highest BCUT2D eigenvalue weighted by molar-refractivity contribution is 7.99. The Kier molecular flexibility index (Phi) is 5.01. The molecule has 1 aromatic heterocycles. The van der Waals surface area contributed by atoms with Gasteiger partial charge in [-0.3, -0.25) is 0 Å². The van der Waals surface area contributed by atoms with Gasteiger partial charge in [-0.15, -0.1) is 11.8 Å². The van der Waals surface area contributed by atoms with Crippen LogP contribution in [0.1, 0.15) is 10.4 Å². The maximum absolute atomic E-state index is 10.7. The highest BCUT2D eigenvalue weighted by Gasteiger charge is 2.09. The first-order valence-corrected chi connectivity index (χ1v) is 5.72. The summed E-state index contributed by atoms with van der Waals surface area (Å²) in [4.78, 5) is 14.6. The summed E-state index contributed by atoms with van der Waals surface area (Å²) in [7, 11) is 0. The first-order chi connectivity index (χ1) is 7.52. The number of halogens is 1. The van der Waals surface area contributed by atoms with Crippen LogP contribution in [0.15, 0.2) is 17.2 Å². The van der Waals surface area contributed by atoms with Crippen LogP contribution < -0.4 is 0 Å². The molecule has 0 spiro atoms. The van der Waals surface area contributed by atoms with Crippen molar-refractivity contribution in [1.82, 2.24) is 4.98 Å². The van der Waals surface area contributed by atoms with Gasteiger partial charge >= 0.3 is 5.97 Å². The van der Waals surface area contributed by atoms with Gasteiger partial charge in [0.05, 0.1) is 23.3 Å². The van der Waals surface area contributed by atoms with Crippen molar-refractivity contribution in [3.8, 4) is 0 Å². The van der Waals surface area contributed by atoms with Gasteiger partial charge in [0.25, 0.3) is 0 Å². The van der Waals surface area contributed by atoms with E-state index in [-0.39, 0.29) is 23.1 Å². The van der Waals surface area contributed by atoms with Crippen LogP contribution in [0.4, 0.5) is 0 Å². The first kappa shape index (κ1) is 13.2. The van der Waals surface area contributed by atoms with Crippen LogP contribution in [0.2, 0.25) is 5.15 Å². The van der Waals surface area contributed by atoms with Crippen LogP contribution in [-0.4, -0.2) is 44.7 Å². The van der Waals surface area contributed by atoms with Crippen molar-refractivity contribution in [2.75, 3.05) is 12.4 Å². The molecule has 0 bridgehead atoms. The van der Waals surface area contributed by atoms with Crippen molar-refractivity contribution in [3.05, 3.63) is 22.8 Å². The smallest absolute Gasteiger partial charge is 0.335 e. The number of pyridine rings is 1. The summed E-state index contributed by atoms with van der Waals surface area (Å²) in [5.74, 6) is -0.864. The number of nitrogens with zero attached hydrogens (tertiary/aromatic N) is 1. The van der Waals surface area contributed by atoms with Gasteiger partial charge in [-0.05, 0) is 12.1 Å². The van der Waals surface area contributed by atoms with Crippen LogP contribution >= 0.6 is 23.4 Å². The fourth-order valence-electron chi connectivity index (χ4n) is 0.905. The molecule has 0 aliphatic carbocycles. The fourth-order valence-corrected chi connectivity index (χ4v) is 2.00. The molecule has 1 aromatic rings. The Hall–Kier alpha value is -0.820. The van der Waals surface area contributed by atoms with Crippen LogP contribution in [-0.2, 0) is 0 Å². The Morgan fingerprint density at radius 1 is 1.56 bits per heavy atom. The number of carboxylic acid groups (broad SMARTS) is 1. The number of aromatic carboxylic acids is 1. The summed E-state index contributed by atoms with van der Waals surface area (Å²) in [6, 6.07) is 2.61. The molecule has 0 radical (unpaired) electrons. The quantitative estimate of drug-likeness (QED) is 0.540. The third-order valence-corrected chi connectivity index (χ3v) is 2.90. The minimum Gasteiger partial charge on any atom is -0.478 e. The largest absolute Gasteiger partial charge is 0.478 e. The van der Waals surface area contributed by atoms with Gasteiger partial charge in [0.1, 0.15) is 5.15 Å². The van der Waals surface area contributed by atoms with E-state index in [9.17, 15) is 4.79 Å². The molecule has 1 rings (SSSR count). The summed E-state index contributed by atoms with van der Waals surface area (Å²) in [6.45, 7) is -0.348. The van der Waals surface area contributed by atoms with E-state index in [1.807, 2.05) is 0 Å². The van der Waals surface area contributed by atoms with Crippen LogP contribution in [0.25, 0.3) is 0 Å². The van der Waals surface area contributed by atoms with Gasteiger partial charge < -0.3 is 15.3 Å². The van der Waals surface area contributed by atoms with Gasteiger partial charge in [-0.2, -0.15) is 0 Å². The number of aromatic nitrogens is 1. The summed E-state index contributed by atoms with van der Waals surface area (Å²) in [5, 5.41) is 27.0. The number of aliphatic hydroxyl groups is 2. The zero-order chi connectivity index (χ0) is 12.1. The van der Waals surface area contributed by atoms with Crippen molar-refractivity contribution >= 4 is 29.3 Å². The van der Waals surface area contributed by atoms with E-state index < -0.39 is 12.1 Å². The molecule has 1 heterocycles. The van der Waals surface area contributed by atoms with E-state index in [1.165, 1.54) is 12.1 Å². The number of aliphatic hydroxyl groups excluding tert-OH is 2. The lowest BCUT2D eigenvalue weighted by Crippen LogP contribution is -2.14. The van der Waals surface area contributed by atoms with Gasteiger partial charge in [0.2, 0.25) is 0 Å². The molecule has 0 fully saturated rings. The zero-order valence-corrected chi connectivity index (χ0v) is 9.70. The molecule has 16 heavy (non-hydrogen) atoms. The lowest BCUT2D eigenvalue weighted by atomic mass is 10.3. The standard InChI is InChI=1S/C9H10ClNO4S/c10-7-1-5(9(14)15)2-8(11-7)16-4-6(13)3-12/h1-2,6,12-13H,3-4H2,(H,14,15). The van der Waals surface area contributed by atoms with E-state index in [0.29, 0.717) is 5.03 Å². The molecule has 7 heteroatoms. The number of hydrogen-bond donors (Lipinski definition) is 3. The van der Waals surface area contributed by atoms with Crippen molar-refractivity contribution in [2.45, 2.75) is 11.1 Å². The Morgan fingerprint density at radius 2 is 2.25 bits per heavy atom. The second kappa shape index (κ2) is 6.05. The number of hydrogen-bond acceptors (Lipinski definition) is 5. The van der Waals surface area contributed by atoms with Crippen molar-refractivity contribution in [3.63, 3.8) is 0 Å². The summed E-state index contributed by atoms with van der Waals surface area (Å²) >= 11 is 6.77. The normalized spacial score (nSPS) is 12.4. The van der Waals surface area contributed by atoms with Crippen molar-refractivity contribution < 1.29 is 20.1 Å². The third kappa shape index (κ3) is 3.97. The maximum Gasteiger partial charge on any atom is 0.335 e. The van der Waals surface area contributed by atoms with Crippen LogP contribution in [0, 0.1) is 0 Å². The molecule has 1 atom stereocenters. The lowest BCUT2D eigenvalue weighted by Gasteiger charge is -2.06. The molecule has 3 N–H and O–H groups in total. The second-order valence-electron chi connectivity index (χ2n) is 2.97. The minimum atomic E-state index is -1.09. The van der Waals surface area contributed by atoms with Crippen LogP contribution in [0.5, 0.6) is 0 Å². The number of thioether (sulfide) groups is 1. The highest BCUT2D eigenvalue weighted by Crippen LogP contribution is 2.21. The Balaban J connectivity index is 2.76. The molecule has 0 saturated heterocycles. The van der Waals surface area contributed by atoms with Gasteiger partial charge in [0, 0.05) is 5.75 Å². The van der Waals surface area contributed by atoms with Crippen LogP contribution in [0.3, 0.4) is 0 Å². The molecule has 0 amide bonds. The Morgan fingerprint density at radius 3 is 2.81 bits per heavy atom. The van der Waals surface area contributed by atoms with E-state index in [2.05, 4.69) is 4.98 Å². The number of carbonyl (C=O) groups is 1. The summed E-state index contributed by atoms with van der Waals surface area (Å²) in [6.07, 6.45) is -0.862. The lowest BCUT2D eigenvalue weighted by molar-refractivity contribution is 0.0696. The molecule has 0 saturated carbocycles. The van der Waals surface area contributed by atoms with E-state index in [0.717, 1.165) is 11.8 Å². The van der Waals surface area contributed by atoms with Gasteiger partial charge in [-0.1, -0.05) is 11.6 Å². The third-order valence-electron chi connectivity index (χ3n) is 1.65. The average Bonchev–Trinajstić information content (AvgIpc) is 2.25. The molecule has 0 aromatic carbocycles. The number of carboxylic acids is 1. The molecule has 0 aliphatic rings. The molecular formula is C9H10ClNO4S. The molecule has 5 nitrogen and oxygen atoms in total. The molecular weight excluding hydrogens is 254 g/mol. The Labute approximate surface area is 101 Å². The predicted octanol–water partition coefficient (Wildman–Crippen LogP) is 0.878. The maximum atomic E-state index is 10.7. The Bertz CT molecular complexity index is 388. The van der Waals surface area contributed by atoms with E-state index in [1.54, 1.807) is 0 Å². The molecule has 88 valence electrons. The van der Waals surface area contributed by atoms with Gasteiger partial charge in [0.15, 0.2) is 0 Å². The van der Waals surface area contributed by atoms with Gasteiger partial charge in [-0.25, -0.2) is 9.78 Å². The topological polar surface area (TPSA) is 90.7 Å². The fraction of sp³-hybridized carbons (Fsp3) is 0.333. The average molecular weight is 264 g/mol. The van der Waals surface area contributed by atoms with E-state index in [4.69, 9.17) is 26.9 Å². The monoisotopic (exact) mass is 263 g/mol. The van der Waals surface area contributed by atoms with E-state index >= 15 is 0 Å². The minimum absolute atomic E-state index is 0.0426. The number of rotatable bonds is 5. The molecule has 1 unspecified atom stereocenters. The predicted molar refractivity (Wildman–Crippen MR) is 60.0 cm³/mol. The SMILES string of the molecule is O=C(O)c1cc(Cl)nc(SCC(O)CO)c1. The highest BCUT2D eigenvalue weighted by atomic mass is 35.5. The van der Waals surface area contributed by atoms with Crippen molar-refractivity contribution in [2.24, 2.45) is 0 Å². The first-order valence-electron chi connectivity index (χ1n) is 4.35. The van der Waals surface area contributed by atoms with Crippen molar-refractivity contribution in [1.29, 1.82) is 0 Å². The second-order valence-corrected chi connectivity index (χ2v) is 4.40. The zero-order valence-electron chi connectivity index (χ0n) is 8.13. The summed E-state index contributed by atoms with van der Waals surface area (Å²) in [5.41, 5.74) is 0.0426. The summed E-state index contributed by atoms with van der Waals surface area (Å²) < 4.78 is 0.